The van der Waals surface area contributed by atoms with Crippen LogP contribution >= 0.6 is 0 Å². The Labute approximate surface area is 172 Å². The van der Waals surface area contributed by atoms with Gasteiger partial charge >= 0.3 is 14.0 Å². The van der Waals surface area contributed by atoms with Gasteiger partial charge < -0.3 is 14.8 Å². The number of fused-ring (bicyclic) bond motifs is 1. The molecule has 2 aromatic carbocycles. The first-order chi connectivity index (χ1) is 13.4. The van der Waals surface area contributed by atoms with Crippen molar-refractivity contribution in [2.75, 3.05) is 16.6 Å². The Hall–Kier alpha value is -1.87. The molecule has 3 nitrogen and oxygen atoms in total. The van der Waals surface area contributed by atoms with Crippen molar-refractivity contribution in [1.82, 2.24) is 4.72 Å². The Kier molecular flexibility index (Phi) is 6.44. The maximum atomic E-state index is 3.84. The van der Waals surface area contributed by atoms with Gasteiger partial charge in [0.25, 0.3) is 0 Å². The molecule has 0 fully saturated rings. The number of rotatable bonds is 4. The first-order valence-corrected chi connectivity index (χ1v) is 10.9. The van der Waals surface area contributed by atoms with E-state index in [2.05, 4.69) is 111 Å². The molecule has 0 spiro atoms. The summed E-state index contributed by atoms with van der Waals surface area (Å²) in [6.45, 7) is 15.7. The van der Waals surface area contributed by atoms with E-state index in [1.165, 1.54) is 16.9 Å². The second-order valence-corrected chi connectivity index (χ2v) is 8.62. The number of hydrogen-bond donors (Lipinski definition) is 1. The lowest BCUT2D eigenvalue weighted by Gasteiger charge is -2.48. The van der Waals surface area contributed by atoms with E-state index in [0.717, 1.165) is 19.4 Å². The van der Waals surface area contributed by atoms with E-state index in [1.807, 2.05) is 0 Å². The van der Waals surface area contributed by atoms with Crippen molar-refractivity contribution in [1.29, 1.82) is 0 Å². The molecule has 1 aliphatic heterocycles. The molecular formula is C23H35B2N3. The number of hydrogen-bond acceptors (Lipinski definition) is 3. The van der Waals surface area contributed by atoms with Crippen LogP contribution in [0, 0.1) is 0 Å². The van der Waals surface area contributed by atoms with Gasteiger partial charge in [-0.25, -0.2) is 0 Å². The van der Waals surface area contributed by atoms with Crippen molar-refractivity contribution in [3.63, 3.8) is 0 Å². The third-order valence-corrected chi connectivity index (χ3v) is 6.46. The van der Waals surface area contributed by atoms with Gasteiger partial charge in [0.05, 0.1) is 0 Å². The highest BCUT2D eigenvalue weighted by atomic mass is 15.2. The fourth-order valence-corrected chi connectivity index (χ4v) is 5.09. The highest BCUT2D eigenvalue weighted by Crippen LogP contribution is 2.40. The van der Waals surface area contributed by atoms with Crippen molar-refractivity contribution in [3.8, 4) is 0 Å². The van der Waals surface area contributed by atoms with Gasteiger partial charge in [-0.05, 0) is 43.1 Å². The van der Waals surface area contributed by atoms with Crippen LogP contribution in [0.25, 0.3) is 0 Å². The van der Waals surface area contributed by atoms with E-state index in [9.17, 15) is 0 Å². The van der Waals surface area contributed by atoms with Crippen LogP contribution in [0.3, 0.4) is 0 Å². The Morgan fingerprint density at radius 3 is 2.25 bits per heavy atom. The third kappa shape index (κ3) is 3.82. The van der Waals surface area contributed by atoms with E-state index in [-0.39, 0.29) is 12.4 Å². The zero-order valence-corrected chi connectivity index (χ0v) is 18.4. The molecule has 0 bridgehead atoms. The minimum absolute atomic E-state index is 0.00435. The van der Waals surface area contributed by atoms with E-state index in [1.54, 1.807) is 0 Å². The van der Waals surface area contributed by atoms with Crippen LogP contribution in [0.5, 0.6) is 0 Å². The predicted molar refractivity (Wildman–Crippen MR) is 126 cm³/mol. The normalized spacial score (nSPS) is 20.1. The van der Waals surface area contributed by atoms with Crippen molar-refractivity contribution in [3.05, 3.63) is 60.2 Å². The SMILES string of the molecule is CCCN1B(C)Nc2ccccc2C(C)(C)C(CC)N(c2ccccc2)B1C. The highest BCUT2D eigenvalue weighted by molar-refractivity contribution is 6.75. The lowest BCUT2D eigenvalue weighted by molar-refractivity contribution is 0.398. The van der Waals surface area contributed by atoms with Gasteiger partial charge in [0.15, 0.2) is 0 Å². The first-order valence-electron chi connectivity index (χ1n) is 10.9. The summed E-state index contributed by atoms with van der Waals surface area (Å²) in [5.74, 6) is 0. The van der Waals surface area contributed by atoms with Crippen LogP contribution in [0.2, 0.25) is 13.6 Å². The Morgan fingerprint density at radius 1 is 0.964 bits per heavy atom. The van der Waals surface area contributed by atoms with Gasteiger partial charge in [0.1, 0.15) is 0 Å². The minimum Gasteiger partial charge on any atom is -0.415 e. The summed E-state index contributed by atoms with van der Waals surface area (Å²) in [6, 6.07) is 20.2. The zero-order valence-electron chi connectivity index (χ0n) is 18.4. The summed E-state index contributed by atoms with van der Waals surface area (Å²) >= 11 is 0. The fourth-order valence-electron chi connectivity index (χ4n) is 5.09. The summed E-state index contributed by atoms with van der Waals surface area (Å²) < 4.78 is 2.60. The highest BCUT2D eigenvalue weighted by Gasteiger charge is 2.43. The molecule has 0 radical (unpaired) electrons. The molecule has 1 aliphatic rings. The van der Waals surface area contributed by atoms with Crippen molar-refractivity contribution in [2.45, 2.75) is 65.6 Å². The van der Waals surface area contributed by atoms with Gasteiger partial charge in [-0.15, -0.1) is 0 Å². The van der Waals surface area contributed by atoms with Gasteiger partial charge in [0.2, 0.25) is 0 Å². The number of para-hydroxylation sites is 2. The number of nitrogens with one attached hydrogen (secondary N) is 1. The van der Waals surface area contributed by atoms with Crippen LogP contribution in [0.1, 0.15) is 46.1 Å². The number of nitrogens with zero attached hydrogens (tertiary/aromatic N) is 2. The molecule has 0 aliphatic carbocycles. The van der Waals surface area contributed by atoms with Crippen LogP contribution in [-0.2, 0) is 5.41 Å². The predicted octanol–water partition coefficient (Wildman–Crippen LogP) is 5.62. The lowest BCUT2D eigenvalue weighted by atomic mass is 9.59. The Bertz CT molecular complexity index is 765. The van der Waals surface area contributed by atoms with Gasteiger partial charge in [-0.2, -0.15) is 0 Å². The summed E-state index contributed by atoms with van der Waals surface area (Å²) in [4.78, 5) is 2.66. The summed E-state index contributed by atoms with van der Waals surface area (Å²) in [5, 5.41) is 3.84. The van der Waals surface area contributed by atoms with Crippen LogP contribution < -0.4 is 10.0 Å². The lowest BCUT2D eigenvalue weighted by Crippen LogP contribution is -2.63. The third-order valence-electron chi connectivity index (χ3n) is 6.46. The van der Waals surface area contributed by atoms with Gasteiger partial charge in [0, 0.05) is 22.8 Å². The Balaban J connectivity index is 2.22. The van der Waals surface area contributed by atoms with E-state index >= 15 is 0 Å². The number of anilines is 2. The molecule has 0 aromatic heterocycles. The maximum absolute atomic E-state index is 3.84. The minimum atomic E-state index is 0.00435. The van der Waals surface area contributed by atoms with Crippen molar-refractivity contribution >= 4 is 25.3 Å². The molecule has 0 saturated carbocycles. The molecule has 1 unspecified atom stereocenters. The van der Waals surface area contributed by atoms with Crippen molar-refractivity contribution < 1.29 is 0 Å². The smallest absolute Gasteiger partial charge is 0.330 e. The summed E-state index contributed by atoms with van der Waals surface area (Å²) in [7, 11) is 0. The molecule has 0 saturated heterocycles. The molecule has 148 valence electrons. The van der Waals surface area contributed by atoms with Crippen LogP contribution in [-0.4, -0.2) is 31.3 Å². The van der Waals surface area contributed by atoms with Gasteiger partial charge in [-0.1, -0.05) is 77.7 Å². The average molecular weight is 375 g/mol. The molecule has 28 heavy (non-hydrogen) atoms. The largest absolute Gasteiger partial charge is 0.415 e. The first kappa shape index (κ1) is 20.9. The van der Waals surface area contributed by atoms with E-state index in [4.69, 9.17) is 0 Å². The average Bonchev–Trinajstić information content (AvgIpc) is 2.71. The second kappa shape index (κ2) is 8.65. The van der Waals surface area contributed by atoms with Crippen molar-refractivity contribution in [2.24, 2.45) is 0 Å². The molecule has 1 N–H and O–H groups in total. The van der Waals surface area contributed by atoms with Gasteiger partial charge in [-0.3, -0.25) is 0 Å². The molecule has 2 aromatic rings. The second-order valence-electron chi connectivity index (χ2n) is 8.62. The quantitative estimate of drug-likeness (QED) is 0.700. The zero-order chi connectivity index (χ0) is 20.3. The molecular weight excluding hydrogens is 340 g/mol. The summed E-state index contributed by atoms with van der Waals surface area (Å²) in [5.41, 5.74) is 3.98. The van der Waals surface area contributed by atoms with Crippen LogP contribution in [0.4, 0.5) is 11.4 Å². The summed E-state index contributed by atoms with van der Waals surface area (Å²) in [6.07, 6.45) is 2.23. The molecule has 3 rings (SSSR count). The Morgan fingerprint density at radius 2 is 1.61 bits per heavy atom. The molecule has 1 heterocycles. The van der Waals surface area contributed by atoms with E-state index < -0.39 is 0 Å². The molecule has 5 heteroatoms. The number of benzene rings is 2. The molecule has 0 amide bonds. The fraction of sp³-hybridized carbons (Fsp3) is 0.478. The topological polar surface area (TPSA) is 18.5 Å². The standard InChI is InChI=1S/C23H35B2N3/c1-7-18-27-24(5)26-21-17-13-12-16-20(21)23(3,4)22(8-2)28(25(27)6)19-14-10-9-11-15-19/h9-17,22,26H,7-8,18H2,1-6H3. The monoisotopic (exact) mass is 375 g/mol. The molecule has 1 atom stereocenters. The van der Waals surface area contributed by atoms with Crippen LogP contribution in [0.15, 0.2) is 54.6 Å². The van der Waals surface area contributed by atoms with E-state index in [0.29, 0.717) is 13.0 Å². The maximum Gasteiger partial charge on any atom is 0.330 e.